The molecule has 0 aliphatic carbocycles. The number of rotatable bonds is 4. The molecule has 0 saturated carbocycles. The van der Waals surface area contributed by atoms with Gasteiger partial charge in [0.2, 0.25) is 0 Å². The lowest BCUT2D eigenvalue weighted by Crippen LogP contribution is -2.11. The standard InChI is InChI=1S/C12H10Br2N2O2S/c13-9-6-11(19-12(9)14)10(15)5-7-1-3-8(4-2-7)16(17)18/h1-4,6,10H,5,15H2. The minimum atomic E-state index is -0.406. The lowest BCUT2D eigenvalue weighted by molar-refractivity contribution is -0.384. The van der Waals surface area contributed by atoms with Crippen LogP contribution < -0.4 is 5.73 Å². The van der Waals surface area contributed by atoms with Gasteiger partial charge in [0.1, 0.15) is 0 Å². The highest BCUT2D eigenvalue weighted by molar-refractivity contribution is 9.13. The second-order valence-electron chi connectivity index (χ2n) is 4.00. The Hall–Kier alpha value is -0.760. The Bertz CT molecular complexity index is 579. The number of hydrogen-bond donors (Lipinski definition) is 1. The molecule has 0 bridgehead atoms. The Morgan fingerprint density at radius 2 is 1.95 bits per heavy atom. The van der Waals surface area contributed by atoms with Gasteiger partial charge in [-0.3, -0.25) is 10.1 Å². The van der Waals surface area contributed by atoms with E-state index in [4.69, 9.17) is 5.73 Å². The average molecular weight is 406 g/mol. The minimum absolute atomic E-state index is 0.0962. The monoisotopic (exact) mass is 404 g/mol. The van der Waals surface area contributed by atoms with Crippen LogP contribution in [0, 0.1) is 10.1 Å². The van der Waals surface area contributed by atoms with Gasteiger partial charge in [-0.1, -0.05) is 12.1 Å². The van der Waals surface area contributed by atoms with Crippen molar-refractivity contribution >= 4 is 48.9 Å². The Morgan fingerprint density at radius 3 is 2.42 bits per heavy atom. The average Bonchev–Trinajstić information content (AvgIpc) is 2.70. The second kappa shape index (κ2) is 6.13. The topological polar surface area (TPSA) is 69.2 Å². The Kier molecular flexibility index (Phi) is 4.72. The number of thiophene rings is 1. The first kappa shape index (κ1) is 14.6. The maximum atomic E-state index is 10.6. The molecule has 2 rings (SSSR count). The van der Waals surface area contributed by atoms with E-state index < -0.39 is 4.92 Å². The van der Waals surface area contributed by atoms with Crippen LogP contribution in [0.25, 0.3) is 0 Å². The summed E-state index contributed by atoms with van der Waals surface area (Å²) in [7, 11) is 0. The van der Waals surface area contributed by atoms with E-state index in [1.54, 1.807) is 23.5 Å². The Morgan fingerprint density at radius 1 is 1.32 bits per heavy atom. The molecule has 1 unspecified atom stereocenters. The summed E-state index contributed by atoms with van der Waals surface area (Å²) < 4.78 is 2.01. The summed E-state index contributed by atoms with van der Waals surface area (Å²) in [4.78, 5) is 11.2. The minimum Gasteiger partial charge on any atom is -0.323 e. The van der Waals surface area contributed by atoms with Crippen LogP contribution in [-0.2, 0) is 6.42 Å². The molecule has 2 aromatic rings. The fourth-order valence-corrected chi connectivity index (χ4v) is 3.75. The molecule has 0 fully saturated rings. The number of benzene rings is 1. The van der Waals surface area contributed by atoms with Gasteiger partial charge in [0.15, 0.2) is 0 Å². The molecule has 1 aromatic carbocycles. The van der Waals surface area contributed by atoms with Crippen molar-refractivity contribution in [2.24, 2.45) is 5.73 Å². The van der Waals surface area contributed by atoms with Crippen molar-refractivity contribution < 1.29 is 4.92 Å². The summed E-state index contributed by atoms with van der Waals surface area (Å²) in [5, 5.41) is 10.6. The van der Waals surface area contributed by atoms with E-state index in [1.165, 1.54) is 12.1 Å². The predicted octanol–water partition coefficient (Wildman–Crippen LogP) is 4.42. The highest BCUT2D eigenvalue weighted by atomic mass is 79.9. The quantitative estimate of drug-likeness (QED) is 0.604. The van der Waals surface area contributed by atoms with Crippen LogP contribution in [-0.4, -0.2) is 4.92 Å². The van der Waals surface area contributed by atoms with Crippen molar-refractivity contribution in [1.29, 1.82) is 0 Å². The third-order valence-electron chi connectivity index (χ3n) is 2.63. The summed E-state index contributed by atoms with van der Waals surface area (Å²) in [6.07, 6.45) is 0.650. The van der Waals surface area contributed by atoms with Crippen LogP contribution in [0.3, 0.4) is 0 Å². The van der Waals surface area contributed by atoms with E-state index in [2.05, 4.69) is 31.9 Å². The molecule has 0 aliphatic heterocycles. The van der Waals surface area contributed by atoms with E-state index in [1.807, 2.05) is 6.07 Å². The molecule has 100 valence electrons. The molecule has 1 atom stereocenters. The van der Waals surface area contributed by atoms with E-state index in [0.717, 1.165) is 18.7 Å². The zero-order chi connectivity index (χ0) is 14.0. The molecule has 7 heteroatoms. The molecule has 19 heavy (non-hydrogen) atoms. The van der Waals surface area contributed by atoms with Crippen LogP contribution in [0.2, 0.25) is 0 Å². The summed E-state index contributed by atoms with van der Waals surface area (Å²) >= 11 is 8.45. The molecule has 0 spiro atoms. The van der Waals surface area contributed by atoms with Crippen molar-refractivity contribution in [2.75, 3.05) is 0 Å². The normalized spacial score (nSPS) is 12.4. The second-order valence-corrected chi connectivity index (χ2v) is 7.26. The largest absolute Gasteiger partial charge is 0.323 e. The van der Waals surface area contributed by atoms with Crippen LogP contribution in [0.4, 0.5) is 5.69 Å². The maximum absolute atomic E-state index is 10.6. The van der Waals surface area contributed by atoms with Crippen molar-refractivity contribution in [3.05, 3.63) is 59.1 Å². The van der Waals surface area contributed by atoms with Crippen LogP contribution in [0.5, 0.6) is 0 Å². The number of hydrogen-bond acceptors (Lipinski definition) is 4. The van der Waals surface area contributed by atoms with Gasteiger partial charge in [-0.2, -0.15) is 0 Å². The molecule has 0 saturated heterocycles. The van der Waals surface area contributed by atoms with Gasteiger partial charge >= 0.3 is 0 Å². The van der Waals surface area contributed by atoms with E-state index in [9.17, 15) is 10.1 Å². The number of halogens is 2. The third-order valence-corrected chi connectivity index (χ3v) is 6.02. The number of nitrogens with zero attached hydrogens (tertiary/aromatic N) is 1. The van der Waals surface area contributed by atoms with Crippen LogP contribution in [0.15, 0.2) is 38.6 Å². The SMILES string of the molecule is NC(Cc1ccc([N+](=O)[O-])cc1)c1cc(Br)c(Br)s1. The fourth-order valence-electron chi connectivity index (χ4n) is 1.65. The molecular weight excluding hydrogens is 396 g/mol. The number of nitro benzene ring substituents is 1. The lowest BCUT2D eigenvalue weighted by atomic mass is 10.1. The lowest BCUT2D eigenvalue weighted by Gasteiger charge is -2.09. The van der Waals surface area contributed by atoms with E-state index >= 15 is 0 Å². The van der Waals surface area contributed by atoms with Crippen LogP contribution >= 0.6 is 43.2 Å². The summed E-state index contributed by atoms with van der Waals surface area (Å²) in [5.74, 6) is 0. The van der Waals surface area contributed by atoms with Gasteiger partial charge in [-0.15, -0.1) is 11.3 Å². The summed E-state index contributed by atoms with van der Waals surface area (Å²) in [6.45, 7) is 0. The zero-order valence-electron chi connectivity index (χ0n) is 9.68. The molecule has 1 heterocycles. The summed E-state index contributed by atoms with van der Waals surface area (Å²) in [6, 6.07) is 8.37. The van der Waals surface area contributed by atoms with Crippen molar-refractivity contribution in [2.45, 2.75) is 12.5 Å². The molecule has 0 aliphatic rings. The third kappa shape index (κ3) is 3.62. The molecule has 0 amide bonds. The van der Waals surface area contributed by atoms with Gasteiger partial charge in [0.05, 0.1) is 8.71 Å². The number of non-ortho nitro benzene ring substituents is 1. The Balaban J connectivity index is 2.10. The van der Waals surface area contributed by atoms with Crippen molar-refractivity contribution in [3.8, 4) is 0 Å². The number of nitro groups is 1. The van der Waals surface area contributed by atoms with Gasteiger partial charge in [-0.25, -0.2) is 0 Å². The first-order chi connectivity index (χ1) is 8.97. The van der Waals surface area contributed by atoms with Gasteiger partial charge < -0.3 is 5.73 Å². The molecule has 1 aromatic heterocycles. The molecule has 2 N–H and O–H groups in total. The summed E-state index contributed by atoms with van der Waals surface area (Å²) in [5.41, 5.74) is 7.22. The molecule has 4 nitrogen and oxygen atoms in total. The van der Waals surface area contributed by atoms with Crippen molar-refractivity contribution in [3.63, 3.8) is 0 Å². The molecule has 0 radical (unpaired) electrons. The first-order valence-electron chi connectivity index (χ1n) is 5.41. The van der Waals surface area contributed by atoms with Crippen LogP contribution in [0.1, 0.15) is 16.5 Å². The van der Waals surface area contributed by atoms with Gasteiger partial charge in [0.25, 0.3) is 5.69 Å². The maximum Gasteiger partial charge on any atom is 0.269 e. The first-order valence-corrected chi connectivity index (χ1v) is 7.81. The molecular formula is C12H10Br2N2O2S. The predicted molar refractivity (Wildman–Crippen MR) is 83.4 cm³/mol. The smallest absolute Gasteiger partial charge is 0.269 e. The highest BCUT2D eigenvalue weighted by Crippen LogP contribution is 2.35. The Labute approximate surface area is 131 Å². The fraction of sp³-hybridized carbons (Fsp3) is 0.167. The van der Waals surface area contributed by atoms with E-state index in [-0.39, 0.29) is 11.7 Å². The van der Waals surface area contributed by atoms with E-state index in [0.29, 0.717) is 6.42 Å². The zero-order valence-corrected chi connectivity index (χ0v) is 13.7. The van der Waals surface area contributed by atoms with Gasteiger partial charge in [0, 0.05) is 27.5 Å². The number of nitrogens with two attached hydrogens (primary N) is 1. The van der Waals surface area contributed by atoms with Crippen molar-refractivity contribution in [1.82, 2.24) is 0 Å². The highest BCUT2D eigenvalue weighted by Gasteiger charge is 2.13. The van der Waals surface area contributed by atoms with Gasteiger partial charge in [-0.05, 0) is 49.9 Å².